The Balaban J connectivity index is 1.88. The van der Waals surface area contributed by atoms with E-state index in [0.29, 0.717) is 23.6 Å². The Morgan fingerprint density at radius 3 is 3.08 bits per heavy atom. The van der Waals surface area contributed by atoms with E-state index in [4.69, 9.17) is 0 Å². The molecule has 0 spiro atoms. The lowest BCUT2D eigenvalue weighted by molar-refractivity contribution is 0.0954. The lowest BCUT2D eigenvalue weighted by Crippen LogP contribution is -2.24. The molecule has 1 aliphatic heterocycles. The zero-order valence-electron chi connectivity index (χ0n) is 13.1. The van der Waals surface area contributed by atoms with E-state index in [1.807, 2.05) is 12.1 Å². The van der Waals surface area contributed by atoms with Crippen molar-refractivity contribution in [2.45, 2.75) is 12.8 Å². The predicted octanol–water partition coefficient (Wildman–Crippen LogP) is 0.981. The molecule has 9 nitrogen and oxygen atoms in total. The van der Waals surface area contributed by atoms with Crippen LogP contribution < -0.4 is 16.0 Å². The monoisotopic (exact) mass is 324 g/mol. The molecule has 0 saturated heterocycles. The molecule has 1 aliphatic rings. The second-order valence-corrected chi connectivity index (χ2v) is 5.49. The van der Waals surface area contributed by atoms with E-state index in [2.05, 4.69) is 36.2 Å². The molecule has 0 unspecified atom stereocenters. The average Bonchev–Trinajstić information content (AvgIpc) is 3.01. The summed E-state index contributed by atoms with van der Waals surface area (Å²) in [6.45, 7) is 0.550. The van der Waals surface area contributed by atoms with Crippen molar-refractivity contribution < 1.29 is 4.79 Å². The fourth-order valence-corrected chi connectivity index (χ4v) is 2.68. The highest BCUT2D eigenvalue weighted by Gasteiger charge is 2.17. The number of nitrogens with zero attached hydrogens (tertiary/aromatic N) is 5. The van der Waals surface area contributed by atoms with Gasteiger partial charge in [-0.15, -0.1) is 0 Å². The zero-order chi connectivity index (χ0) is 16.5. The molecule has 0 fully saturated rings. The van der Waals surface area contributed by atoms with E-state index < -0.39 is 0 Å². The van der Waals surface area contributed by atoms with Gasteiger partial charge in [-0.25, -0.2) is 4.98 Å². The van der Waals surface area contributed by atoms with Gasteiger partial charge in [0.1, 0.15) is 17.2 Å². The van der Waals surface area contributed by atoms with Gasteiger partial charge in [0.15, 0.2) is 5.65 Å². The minimum absolute atomic E-state index is 0.186. The number of hydrogen-bond donors (Lipinski definition) is 3. The lowest BCUT2D eigenvalue weighted by Gasteiger charge is -2.10. The highest BCUT2D eigenvalue weighted by Crippen LogP contribution is 2.22. The third kappa shape index (κ3) is 2.49. The highest BCUT2D eigenvalue weighted by molar-refractivity contribution is 6.00. The van der Waals surface area contributed by atoms with Crippen LogP contribution in [0.2, 0.25) is 0 Å². The predicted molar refractivity (Wildman–Crippen MR) is 88.5 cm³/mol. The van der Waals surface area contributed by atoms with Crippen molar-refractivity contribution in [2.75, 3.05) is 24.2 Å². The maximum absolute atomic E-state index is 12.4. The molecule has 122 valence electrons. The molecule has 4 heterocycles. The number of anilines is 3. The molecule has 0 atom stereocenters. The summed E-state index contributed by atoms with van der Waals surface area (Å²) in [5.74, 6) is 1.13. The van der Waals surface area contributed by atoms with Crippen molar-refractivity contribution >= 4 is 28.9 Å². The second kappa shape index (κ2) is 5.76. The number of carbonyl (C=O) groups excluding carboxylic acids is 1. The summed E-state index contributed by atoms with van der Waals surface area (Å²) in [7, 11) is 1.79. The van der Waals surface area contributed by atoms with Crippen molar-refractivity contribution in [1.82, 2.24) is 30.1 Å². The first kappa shape index (κ1) is 14.4. The van der Waals surface area contributed by atoms with Crippen LogP contribution >= 0.6 is 0 Å². The third-order valence-corrected chi connectivity index (χ3v) is 3.85. The van der Waals surface area contributed by atoms with Gasteiger partial charge in [-0.05, 0) is 18.9 Å². The van der Waals surface area contributed by atoms with E-state index in [0.717, 1.165) is 30.0 Å². The Kier molecular flexibility index (Phi) is 3.45. The lowest BCUT2D eigenvalue weighted by atomic mass is 10.2. The maximum Gasteiger partial charge on any atom is 0.256 e. The maximum atomic E-state index is 12.4. The van der Waals surface area contributed by atoms with Gasteiger partial charge >= 0.3 is 0 Å². The number of amides is 1. The van der Waals surface area contributed by atoms with E-state index in [1.54, 1.807) is 17.8 Å². The highest BCUT2D eigenvalue weighted by atomic mass is 16.1. The molecule has 0 aliphatic carbocycles. The van der Waals surface area contributed by atoms with Gasteiger partial charge in [0, 0.05) is 19.7 Å². The Hall–Kier alpha value is -3.23. The summed E-state index contributed by atoms with van der Waals surface area (Å²) in [5.41, 5.74) is 2.60. The van der Waals surface area contributed by atoms with E-state index in [9.17, 15) is 4.79 Å². The van der Waals surface area contributed by atoms with Crippen LogP contribution in [0.3, 0.4) is 0 Å². The van der Waals surface area contributed by atoms with Gasteiger partial charge in [0.05, 0.1) is 23.8 Å². The van der Waals surface area contributed by atoms with Crippen molar-refractivity contribution in [3.05, 3.63) is 35.8 Å². The number of aromatic nitrogens is 5. The topological polar surface area (TPSA) is 109 Å². The van der Waals surface area contributed by atoms with E-state index in [-0.39, 0.29) is 5.91 Å². The minimum atomic E-state index is -0.186. The summed E-state index contributed by atoms with van der Waals surface area (Å²) >= 11 is 0. The van der Waals surface area contributed by atoms with Gasteiger partial charge in [-0.3, -0.25) is 4.79 Å². The van der Waals surface area contributed by atoms with Crippen LogP contribution in [-0.2, 0) is 6.42 Å². The number of nitrogens with one attached hydrogen (secondary N) is 3. The van der Waals surface area contributed by atoms with Gasteiger partial charge in [-0.1, -0.05) is 0 Å². The minimum Gasteiger partial charge on any atom is -0.373 e. The summed E-state index contributed by atoms with van der Waals surface area (Å²) in [6.07, 6.45) is 4.69. The van der Waals surface area contributed by atoms with Crippen molar-refractivity contribution in [3.63, 3.8) is 0 Å². The van der Waals surface area contributed by atoms with Crippen molar-refractivity contribution in [2.24, 2.45) is 0 Å². The summed E-state index contributed by atoms with van der Waals surface area (Å²) in [4.78, 5) is 16.9. The second-order valence-electron chi connectivity index (χ2n) is 5.49. The first-order chi connectivity index (χ1) is 11.7. The molecule has 3 aromatic heterocycles. The summed E-state index contributed by atoms with van der Waals surface area (Å²) in [6, 6.07) is 3.76. The number of carbonyl (C=O) groups is 1. The first-order valence-electron chi connectivity index (χ1n) is 7.68. The standard InChI is InChI=1S/C15H16N8O/c1-16-13-6-12-20-10-5-9(22-18-7-10)3-2-4-17-15(24)11-8-19-23(13)14(11)21-12/h5-8,16H,2-4H2,1H3,(H,17,24)(H,20,21). The van der Waals surface area contributed by atoms with E-state index in [1.165, 1.54) is 6.20 Å². The molecule has 3 N–H and O–H groups in total. The molecule has 1 amide bonds. The Morgan fingerprint density at radius 1 is 1.29 bits per heavy atom. The average molecular weight is 324 g/mol. The van der Waals surface area contributed by atoms with Crippen LogP contribution in [0.5, 0.6) is 0 Å². The van der Waals surface area contributed by atoms with Gasteiger partial charge in [-0.2, -0.15) is 19.8 Å². The molecule has 0 saturated carbocycles. The molecular formula is C15H16N8O. The fraction of sp³-hybridized carbons (Fsp3) is 0.267. The number of hydrogen-bond acceptors (Lipinski definition) is 7. The van der Waals surface area contributed by atoms with Crippen molar-refractivity contribution in [3.8, 4) is 0 Å². The fourth-order valence-electron chi connectivity index (χ4n) is 2.68. The van der Waals surface area contributed by atoms with Crippen LogP contribution in [0.15, 0.2) is 24.5 Å². The quantitative estimate of drug-likeness (QED) is 0.612. The molecule has 0 aromatic carbocycles. The molecule has 4 bridgehead atoms. The van der Waals surface area contributed by atoms with Gasteiger partial charge in [0.25, 0.3) is 5.91 Å². The molecule has 0 radical (unpaired) electrons. The molecule has 4 rings (SSSR count). The largest absolute Gasteiger partial charge is 0.373 e. The SMILES string of the molecule is CNc1cc2nc3c(cnn13)C(=O)NCCCc1cc(cnn1)N2. The summed E-state index contributed by atoms with van der Waals surface area (Å²) < 4.78 is 1.61. The number of fused-ring (bicyclic) bond motifs is 3. The smallest absolute Gasteiger partial charge is 0.256 e. The zero-order valence-corrected chi connectivity index (χ0v) is 13.1. The van der Waals surface area contributed by atoms with Crippen LogP contribution in [0, 0.1) is 0 Å². The number of rotatable bonds is 1. The summed E-state index contributed by atoms with van der Waals surface area (Å²) in [5, 5.41) is 21.6. The Bertz CT molecular complexity index is 919. The molecular weight excluding hydrogens is 308 g/mol. The van der Waals surface area contributed by atoms with Crippen molar-refractivity contribution in [1.29, 1.82) is 0 Å². The van der Waals surface area contributed by atoms with Gasteiger partial charge in [0.2, 0.25) is 0 Å². The van der Waals surface area contributed by atoms with Crippen LogP contribution in [0.25, 0.3) is 5.65 Å². The third-order valence-electron chi connectivity index (χ3n) is 3.85. The Morgan fingerprint density at radius 2 is 2.21 bits per heavy atom. The molecule has 24 heavy (non-hydrogen) atoms. The molecule has 3 aromatic rings. The molecule has 9 heteroatoms. The van der Waals surface area contributed by atoms with Crippen LogP contribution in [0.1, 0.15) is 22.5 Å². The van der Waals surface area contributed by atoms with Crippen LogP contribution in [-0.4, -0.2) is 44.3 Å². The normalized spacial score (nSPS) is 14.3. The Labute approximate surface area is 137 Å². The first-order valence-corrected chi connectivity index (χ1v) is 7.68. The van der Waals surface area contributed by atoms with Gasteiger partial charge < -0.3 is 16.0 Å². The van der Waals surface area contributed by atoms with E-state index >= 15 is 0 Å². The number of aryl methyl sites for hydroxylation is 1. The van der Waals surface area contributed by atoms with Crippen LogP contribution in [0.4, 0.5) is 17.3 Å².